The Kier molecular flexibility index (Phi) is 3.96. The Morgan fingerprint density at radius 1 is 1.62 bits per heavy atom. The van der Waals surface area contributed by atoms with Crippen molar-refractivity contribution in [1.82, 2.24) is 14.9 Å². The maximum Gasteiger partial charge on any atom is 0.0951 e. The lowest BCUT2D eigenvalue weighted by Gasteiger charge is -2.13. The van der Waals surface area contributed by atoms with Gasteiger partial charge in [0.1, 0.15) is 0 Å². The van der Waals surface area contributed by atoms with E-state index in [1.165, 1.54) is 18.5 Å². The Hall–Kier alpha value is -0.870. The van der Waals surface area contributed by atoms with Gasteiger partial charge in [-0.1, -0.05) is 0 Å². The molecule has 4 nitrogen and oxygen atoms in total. The number of nitrogens with zero attached hydrogens (tertiary/aromatic N) is 2. The van der Waals surface area contributed by atoms with Gasteiger partial charge in [-0.2, -0.15) is 0 Å². The van der Waals surface area contributed by atoms with E-state index in [4.69, 9.17) is 4.74 Å². The number of rotatable bonds is 7. The fourth-order valence-electron chi connectivity index (χ4n) is 1.90. The summed E-state index contributed by atoms with van der Waals surface area (Å²) in [6, 6.07) is 0.712. The molecule has 90 valence electrons. The summed E-state index contributed by atoms with van der Waals surface area (Å²) < 4.78 is 7.76. The molecule has 1 fully saturated rings. The second kappa shape index (κ2) is 5.46. The summed E-state index contributed by atoms with van der Waals surface area (Å²) in [5.41, 5.74) is 1.28. The number of hydrogen-bond donors (Lipinski definition) is 1. The van der Waals surface area contributed by atoms with Crippen LogP contribution < -0.4 is 5.32 Å². The summed E-state index contributed by atoms with van der Waals surface area (Å²) >= 11 is 0. The number of nitrogens with one attached hydrogen (secondary N) is 1. The molecule has 1 unspecified atom stereocenters. The number of imidazole rings is 1. The third-order valence-corrected chi connectivity index (χ3v) is 2.88. The van der Waals surface area contributed by atoms with E-state index in [2.05, 4.69) is 21.8 Å². The van der Waals surface area contributed by atoms with Gasteiger partial charge in [0.15, 0.2) is 0 Å². The molecule has 4 heteroatoms. The molecule has 1 aromatic heterocycles. The van der Waals surface area contributed by atoms with E-state index in [1.54, 1.807) is 0 Å². The van der Waals surface area contributed by atoms with Gasteiger partial charge < -0.3 is 14.6 Å². The van der Waals surface area contributed by atoms with Crippen molar-refractivity contribution in [3.8, 4) is 0 Å². The van der Waals surface area contributed by atoms with Crippen LogP contribution in [0.4, 0.5) is 0 Å². The van der Waals surface area contributed by atoms with Gasteiger partial charge in [0.2, 0.25) is 0 Å². The van der Waals surface area contributed by atoms with E-state index in [0.717, 1.165) is 19.7 Å². The Morgan fingerprint density at radius 2 is 2.44 bits per heavy atom. The maximum atomic E-state index is 5.47. The predicted molar refractivity (Wildman–Crippen MR) is 63.3 cm³/mol. The van der Waals surface area contributed by atoms with Crippen LogP contribution in [0.15, 0.2) is 12.5 Å². The lowest BCUT2D eigenvalue weighted by Crippen LogP contribution is -2.27. The zero-order valence-electron chi connectivity index (χ0n) is 10.1. The molecule has 1 aliphatic rings. The molecule has 0 bridgehead atoms. The SMILES string of the molecule is CCOC(C)CNCc1cncn1C1CC1. The lowest BCUT2D eigenvalue weighted by molar-refractivity contribution is 0.0758. The van der Waals surface area contributed by atoms with E-state index in [1.807, 2.05) is 19.4 Å². The van der Waals surface area contributed by atoms with Crippen LogP contribution in [0, 0.1) is 0 Å². The zero-order chi connectivity index (χ0) is 11.4. The van der Waals surface area contributed by atoms with E-state index < -0.39 is 0 Å². The molecule has 0 aliphatic heterocycles. The van der Waals surface area contributed by atoms with Crippen molar-refractivity contribution in [3.63, 3.8) is 0 Å². The van der Waals surface area contributed by atoms with Crippen LogP contribution in [0.3, 0.4) is 0 Å². The summed E-state index contributed by atoms with van der Waals surface area (Å²) in [7, 11) is 0. The van der Waals surface area contributed by atoms with Gasteiger partial charge >= 0.3 is 0 Å². The van der Waals surface area contributed by atoms with Gasteiger partial charge in [-0.05, 0) is 26.7 Å². The normalized spacial score (nSPS) is 17.6. The average molecular weight is 223 g/mol. The van der Waals surface area contributed by atoms with Gasteiger partial charge in [0.05, 0.1) is 18.1 Å². The molecular weight excluding hydrogens is 202 g/mol. The quantitative estimate of drug-likeness (QED) is 0.765. The third kappa shape index (κ3) is 3.06. The van der Waals surface area contributed by atoms with Crippen LogP contribution in [0.5, 0.6) is 0 Å². The molecule has 1 N–H and O–H groups in total. The van der Waals surface area contributed by atoms with E-state index in [0.29, 0.717) is 6.04 Å². The third-order valence-electron chi connectivity index (χ3n) is 2.88. The highest BCUT2D eigenvalue weighted by Crippen LogP contribution is 2.35. The molecule has 2 rings (SSSR count). The van der Waals surface area contributed by atoms with Crippen molar-refractivity contribution >= 4 is 0 Å². The Labute approximate surface area is 97.0 Å². The molecule has 0 spiro atoms. The minimum atomic E-state index is 0.280. The molecule has 1 aliphatic carbocycles. The molecule has 0 amide bonds. The number of aromatic nitrogens is 2. The summed E-state index contributed by atoms with van der Waals surface area (Å²) in [6.45, 7) is 6.67. The maximum absolute atomic E-state index is 5.47. The van der Waals surface area contributed by atoms with Gasteiger partial charge in [0.25, 0.3) is 0 Å². The molecule has 0 saturated heterocycles. The first-order valence-electron chi connectivity index (χ1n) is 6.14. The Morgan fingerprint density at radius 3 is 3.12 bits per heavy atom. The van der Waals surface area contributed by atoms with Crippen LogP contribution >= 0.6 is 0 Å². The Balaban J connectivity index is 1.74. The molecule has 0 radical (unpaired) electrons. The highest BCUT2D eigenvalue weighted by Gasteiger charge is 2.24. The number of ether oxygens (including phenoxy) is 1. The molecule has 1 atom stereocenters. The smallest absolute Gasteiger partial charge is 0.0951 e. The van der Waals surface area contributed by atoms with Crippen molar-refractivity contribution in [3.05, 3.63) is 18.2 Å². The zero-order valence-corrected chi connectivity index (χ0v) is 10.1. The topological polar surface area (TPSA) is 39.1 Å². The average Bonchev–Trinajstić information content (AvgIpc) is 3.00. The minimum absolute atomic E-state index is 0.280. The van der Waals surface area contributed by atoms with Crippen molar-refractivity contribution in [1.29, 1.82) is 0 Å². The van der Waals surface area contributed by atoms with Crippen LogP contribution in [0.1, 0.15) is 38.4 Å². The highest BCUT2D eigenvalue weighted by molar-refractivity contribution is 5.03. The molecule has 1 aromatic rings. The van der Waals surface area contributed by atoms with Gasteiger partial charge in [0, 0.05) is 31.9 Å². The van der Waals surface area contributed by atoms with Gasteiger partial charge in [-0.25, -0.2) is 4.98 Å². The molecule has 16 heavy (non-hydrogen) atoms. The van der Waals surface area contributed by atoms with Crippen molar-refractivity contribution in [2.24, 2.45) is 0 Å². The van der Waals surface area contributed by atoms with Gasteiger partial charge in [-0.15, -0.1) is 0 Å². The highest BCUT2D eigenvalue weighted by atomic mass is 16.5. The second-order valence-electron chi connectivity index (χ2n) is 4.42. The minimum Gasteiger partial charge on any atom is -0.377 e. The van der Waals surface area contributed by atoms with Crippen LogP contribution in [-0.2, 0) is 11.3 Å². The lowest BCUT2D eigenvalue weighted by atomic mass is 10.3. The second-order valence-corrected chi connectivity index (χ2v) is 4.42. The van der Waals surface area contributed by atoms with E-state index in [-0.39, 0.29) is 6.10 Å². The summed E-state index contributed by atoms with van der Waals surface area (Å²) in [5, 5.41) is 3.41. The summed E-state index contributed by atoms with van der Waals surface area (Å²) in [6.07, 6.45) is 6.79. The number of hydrogen-bond acceptors (Lipinski definition) is 3. The standard InChI is InChI=1S/C12H21N3O/c1-3-16-10(2)6-13-7-12-8-14-9-15(12)11-4-5-11/h8-11,13H,3-7H2,1-2H3. The van der Waals surface area contributed by atoms with Crippen LogP contribution in [-0.4, -0.2) is 28.8 Å². The fourth-order valence-corrected chi connectivity index (χ4v) is 1.90. The predicted octanol–water partition coefficient (Wildman–Crippen LogP) is 1.73. The monoisotopic (exact) mass is 223 g/mol. The largest absolute Gasteiger partial charge is 0.377 e. The first kappa shape index (κ1) is 11.6. The molecule has 0 aromatic carbocycles. The first-order valence-corrected chi connectivity index (χ1v) is 6.14. The van der Waals surface area contributed by atoms with E-state index in [9.17, 15) is 0 Å². The first-order chi connectivity index (χ1) is 7.81. The van der Waals surface area contributed by atoms with Crippen molar-refractivity contribution in [2.45, 2.75) is 45.4 Å². The van der Waals surface area contributed by atoms with Gasteiger partial charge in [-0.3, -0.25) is 0 Å². The molecule has 1 heterocycles. The Bertz CT molecular complexity index is 320. The molecular formula is C12H21N3O. The summed E-state index contributed by atoms with van der Waals surface area (Å²) in [4.78, 5) is 4.21. The van der Waals surface area contributed by atoms with Crippen molar-refractivity contribution in [2.75, 3.05) is 13.2 Å². The van der Waals surface area contributed by atoms with Crippen LogP contribution in [0.25, 0.3) is 0 Å². The summed E-state index contributed by atoms with van der Waals surface area (Å²) in [5.74, 6) is 0. The van der Waals surface area contributed by atoms with E-state index >= 15 is 0 Å². The van der Waals surface area contributed by atoms with Crippen molar-refractivity contribution < 1.29 is 4.74 Å². The van der Waals surface area contributed by atoms with Crippen LogP contribution in [0.2, 0.25) is 0 Å². The molecule has 1 saturated carbocycles. The fraction of sp³-hybridized carbons (Fsp3) is 0.750.